The van der Waals surface area contributed by atoms with Gasteiger partial charge in [-0.2, -0.15) is 0 Å². The molecule has 1 saturated heterocycles. The molecule has 0 bridgehead atoms. The number of aliphatic hydroxyl groups excluding tert-OH is 1. The summed E-state index contributed by atoms with van der Waals surface area (Å²) in [6.45, 7) is 2.13. The van der Waals surface area contributed by atoms with Gasteiger partial charge in [0.2, 0.25) is 0 Å². The van der Waals surface area contributed by atoms with Gasteiger partial charge in [0.25, 0.3) is 0 Å². The van der Waals surface area contributed by atoms with Gasteiger partial charge in [-0.15, -0.1) is 0 Å². The molecule has 5 heteroatoms. The number of halogens is 1. The molecular weight excluding hydrogens is 295 g/mol. The molecule has 0 aliphatic carbocycles. The lowest BCUT2D eigenvalue weighted by atomic mass is 9.86. The fraction of sp³-hybridized carbons (Fsp3) is 0.500. The van der Waals surface area contributed by atoms with Crippen LogP contribution in [0.4, 0.5) is 4.39 Å². The first-order valence-corrected chi connectivity index (χ1v) is 8.27. The van der Waals surface area contributed by atoms with Gasteiger partial charge >= 0.3 is 0 Å². The molecule has 1 aliphatic rings. The second-order valence-corrected chi connectivity index (χ2v) is 6.13. The zero-order valence-electron chi connectivity index (χ0n) is 13.2. The molecule has 1 aromatic heterocycles. The SMILES string of the molecule is OCCCCN1CCC(c2ncco2)CC1c1ccc(F)cc1. The molecule has 2 heterocycles. The summed E-state index contributed by atoms with van der Waals surface area (Å²) in [5.74, 6) is 0.891. The van der Waals surface area contributed by atoms with Gasteiger partial charge < -0.3 is 9.52 Å². The molecule has 0 amide bonds. The van der Waals surface area contributed by atoms with Gasteiger partial charge in [0.15, 0.2) is 5.89 Å². The van der Waals surface area contributed by atoms with Gasteiger partial charge in [0.05, 0.1) is 6.20 Å². The van der Waals surface area contributed by atoms with E-state index in [1.807, 2.05) is 12.1 Å². The molecule has 23 heavy (non-hydrogen) atoms. The number of benzene rings is 1. The number of likely N-dealkylation sites (tertiary alicyclic amines) is 1. The Morgan fingerprint density at radius 1 is 1.26 bits per heavy atom. The molecule has 2 aromatic rings. The van der Waals surface area contributed by atoms with Crippen LogP contribution in [0.5, 0.6) is 0 Å². The highest BCUT2D eigenvalue weighted by Crippen LogP contribution is 2.38. The third kappa shape index (κ3) is 3.98. The second kappa shape index (κ2) is 7.70. The number of hydrogen-bond donors (Lipinski definition) is 1. The van der Waals surface area contributed by atoms with E-state index in [-0.39, 0.29) is 18.5 Å². The number of rotatable bonds is 6. The first-order valence-electron chi connectivity index (χ1n) is 8.27. The van der Waals surface area contributed by atoms with Gasteiger partial charge in [-0.05, 0) is 56.5 Å². The van der Waals surface area contributed by atoms with Gasteiger partial charge in [-0.1, -0.05) is 12.1 Å². The predicted molar refractivity (Wildman–Crippen MR) is 85.5 cm³/mol. The summed E-state index contributed by atoms with van der Waals surface area (Å²) >= 11 is 0. The van der Waals surface area contributed by atoms with Crippen LogP contribution in [-0.4, -0.2) is 34.7 Å². The largest absolute Gasteiger partial charge is 0.449 e. The normalized spacial score (nSPS) is 22.3. The first-order chi connectivity index (χ1) is 11.3. The number of oxazole rings is 1. The Hall–Kier alpha value is -1.72. The van der Waals surface area contributed by atoms with Crippen LogP contribution < -0.4 is 0 Å². The van der Waals surface area contributed by atoms with E-state index in [0.717, 1.165) is 50.2 Å². The summed E-state index contributed by atoms with van der Waals surface area (Å²) in [5, 5.41) is 9.00. The van der Waals surface area contributed by atoms with E-state index in [4.69, 9.17) is 9.52 Å². The van der Waals surface area contributed by atoms with Crippen molar-refractivity contribution in [3.8, 4) is 0 Å². The van der Waals surface area contributed by atoms with Crippen LogP contribution >= 0.6 is 0 Å². The molecule has 1 N–H and O–H groups in total. The fourth-order valence-corrected chi connectivity index (χ4v) is 3.40. The van der Waals surface area contributed by atoms with Crippen molar-refractivity contribution < 1.29 is 13.9 Å². The maximum absolute atomic E-state index is 13.2. The summed E-state index contributed by atoms with van der Waals surface area (Å²) in [7, 11) is 0. The third-order valence-corrected chi connectivity index (χ3v) is 4.62. The van der Waals surface area contributed by atoms with Crippen molar-refractivity contribution in [2.24, 2.45) is 0 Å². The molecule has 3 rings (SSSR count). The van der Waals surface area contributed by atoms with Crippen molar-refractivity contribution in [3.63, 3.8) is 0 Å². The van der Waals surface area contributed by atoms with Crippen LogP contribution in [0.25, 0.3) is 0 Å². The number of hydrogen-bond acceptors (Lipinski definition) is 4. The second-order valence-electron chi connectivity index (χ2n) is 6.13. The average Bonchev–Trinajstić information content (AvgIpc) is 3.11. The van der Waals surface area contributed by atoms with Crippen molar-refractivity contribution in [2.45, 2.75) is 37.6 Å². The molecule has 124 valence electrons. The van der Waals surface area contributed by atoms with Crippen LogP contribution in [0.3, 0.4) is 0 Å². The average molecular weight is 318 g/mol. The van der Waals surface area contributed by atoms with E-state index in [1.165, 1.54) is 12.1 Å². The van der Waals surface area contributed by atoms with Gasteiger partial charge in [-0.25, -0.2) is 9.37 Å². The highest BCUT2D eigenvalue weighted by molar-refractivity contribution is 5.21. The Morgan fingerprint density at radius 3 is 2.78 bits per heavy atom. The summed E-state index contributed by atoms with van der Waals surface area (Å²) in [5.41, 5.74) is 1.13. The summed E-state index contributed by atoms with van der Waals surface area (Å²) in [6.07, 6.45) is 7.03. The molecule has 1 aromatic carbocycles. The van der Waals surface area contributed by atoms with Crippen LogP contribution in [0.1, 0.15) is 49.1 Å². The molecule has 0 saturated carbocycles. The Morgan fingerprint density at radius 2 is 2.09 bits per heavy atom. The number of unbranched alkanes of at least 4 members (excludes halogenated alkanes) is 1. The smallest absolute Gasteiger partial charge is 0.197 e. The van der Waals surface area contributed by atoms with Crippen LogP contribution in [0.15, 0.2) is 41.1 Å². The maximum Gasteiger partial charge on any atom is 0.197 e. The van der Waals surface area contributed by atoms with Gasteiger partial charge in [-0.3, -0.25) is 4.90 Å². The lowest BCUT2D eigenvalue weighted by Crippen LogP contribution is -2.37. The summed E-state index contributed by atoms with van der Waals surface area (Å²) in [6, 6.07) is 7.03. The fourth-order valence-electron chi connectivity index (χ4n) is 3.40. The summed E-state index contributed by atoms with van der Waals surface area (Å²) in [4.78, 5) is 6.74. The van der Waals surface area contributed by atoms with Crippen LogP contribution in [0, 0.1) is 5.82 Å². The lowest BCUT2D eigenvalue weighted by Gasteiger charge is -2.39. The zero-order chi connectivity index (χ0) is 16.1. The third-order valence-electron chi connectivity index (χ3n) is 4.62. The number of nitrogens with zero attached hydrogens (tertiary/aromatic N) is 2. The van der Waals surface area contributed by atoms with Crippen LogP contribution in [0.2, 0.25) is 0 Å². The molecule has 1 fully saturated rings. The van der Waals surface area contributed by atoms with Crippen molar-refractivity contribution in [1.82, 2.24) is 9.88 Å². The summed E-state index contributed by atoms with van der Waals surface area (Å²) < 4.78 is 18.7. The van der Waals surface area contributed by atoms with Crippen molar-refractivity contribution >= 4 is 0 Å². The van der Waals surface area contributed by atoms with E-state index >= 15 is 0 Å². The van der Waals surface area contributed by atoms with Crippen molar-refractivity contribution in [1.29, 1.82) is 0 Å². The Labute approximate surface area is 136 Å². The molecule has 1 aliphatic heterocycles. The van der Waals surface area contributed by atoms with Gasteiger partial charge in [0, 0.05) is 18.6 Å². The molecule has 2 unspecified atom stereocenters. The van der Waals surface area contributed by atoms with Gasteiger partial charge in [0.1, 0.15) is 12.1 Å². The minimum atomic E-state index is -0.208. The monoisotopic (exact) mass is 318 g/mol. The van der Waals surface area contributed by atoms with E-state index in [2.05, 4.69) is 9.88 Å². The number of piperidine rings is 1. The maximum atomic E-state index is 13.2. The number of aliphatic hydroxyl groups is 1. The van der Waals surface area contributed by atoms with E-state index in [9.17, 15) is 4.39 Å². The highest BCUT2D eigenvalue weighted by atomic mass is 19.1. The lowest BCUT2D eigenvalue weighted by molar-refractivity contribution is 0.121. The zero-order valence-corrected chi connectivity index (χ0v) is 13.2. The molecule has 0 radical (unpaired) electrons. The Bertz CT molecular complexity index is 586. The Balaban J connectivity index is 1.76. The Kier molecular flexibility index (Phi) is 5.41. The number of aromatic nitrogens is 1. The van der Waals surface area contributed by atoms with E-state index in [0.29, 0.717) is 5.92 Å². The molecule has 4 nitrogen and oxygen atoms in total. The van der Waals surface area contributed by atoms with E-state index in [1.54, 1.807) is 12.5 Å². The standard InChI is InChI=1S/C18H23FN2O2/c19-16-5-3-14(4-6-16)17-13-15(18-20-8-12-23-18)7-10-21(17)9-1-2-11-22/h3-6,8,12,15,17,22H,1-2,7,9-11,13H2. The minimum absolute atomic E-state index is 0.208. The molecule has 0 spiro atoms. The van der Waals surface area contributed by atoms with Crippen molar-refractivity contribution in [3.05, 3.63) is 54.0 Å². The van der Waals surface area contributed by atoms with Crippen LogP contribution in [-0.2, 0) is 0 Å². The molecule has 2 atom stereocenters. The molecular formula is C18H23FN2O2. The topological polar surface area (TPSA) is 49.5 Å². The first kappa shape index (κ1) is 16.1. The quantitative estimate of drug-likeness (QED) is 0.828. The van der Waals surface area contributed by atoms with E-state index < -0.39 is 0 Å². The van der Waals surface area contributed by atoms with Crippen molar-refractivity contribution in [2.75, 3.05) is 19.7 Å². The predicted octanol–water partition coefficient (Wildman–Crippen LogP) is 3.51. The highest BCUT2D eigenvalue weighted by Gasteiger charge is 2.32. The minimum Gasteiger partial charge on any atom is -0.449 e.